The summed E-state index contributed by atoms with van der Waals surface area (Å²) >= 11 is 0. The summed E-state index contributed by atoms with van der Waals surface area (Å²) in [5.74, 6) is 0. The molecule has 0 saturated carbocycles. The van der Waals surface area contributed by atoms with E-state index < -0.39 is 0 Å². The summed E-state index contributed by atoms with van der Waals surface area (Å²) in [4.78, 5) is 4.44. The first-order valence-electron chi connectivity index (χ1n) is 4.25. The van der Waals surface area contributed by atoms with Crippen LogP contribution in [0.5, 0.6) is 0 Å². The lowest BCUT2D eigenvalue weighted by Gasteiger charge is -2.13. The van der Waals surface area contributed by atoms with Crippen molar-refractivity contribution in [1.29, 1.82) is 0 Å². The minimum absolute atomic E-state index is 0.0632. The average Bonchev–Trinajstić information content (AvgIpc) is 2.45. The molecule has 0 aliphatic carbocycles. The Balaban J connectivity index is 2.63. The summed E-state index contributed by atoms with van der Waals surface area (Å²) in [5.41, 5.74) is 1.95. The normalized spacial score (nSPS) is 12.2. The molecular weight excluding hydrogens is 164 g/mol. The van der Waals surface area contributed by atoms with E-state index in [2.05, 4.69) is 36.1 Å². The SMILES string of the molecule is CC(C)(C)c1cn2nnccc2n1. The van der Waals surface area contributed by atoms with Crippen molar-refractivity contribution in [3.05, 3.63) is 24.2 Å². The van der Waals surface area contributed by atoms with Gasteiger partial charge in [-0.25, -0.2) is 9.50 Å². The number of imidazole rings is 1. The molecule has 0 amide bonds. The Morgan fingerprint density at radius 3 is 2.69 bits per heavy atom. The molecule has 2 heterocycles. The van der Waals surface area contributed by atoms with Crippen LogP contribution >= 0.6 is 0 Å². The quantitative estimate of drug-likeness (QED) is 0.609. The number of nitrogens with zero attached hydrogens (tertiary/aromatic N) is 4. The monoisotopic (exact) mass is 176 g/mol. The maximum atomic E-state index is 4.44. The summed E-state index contributed by atoms with van der Waals surface area (Å²) < 4.78 is 1.70. The molecule has 0 saturated heterocycles. The minimum Gasteiger partial charge on any atom is -0.231 e. The topological polar surface area (TPSA) is 43.1 Å². The predicted octanol–water partition coefficient (Wildman–Crippen LogP) is 1.42. The van der Waals surface area contributed by atoms with Gasteiger partial charge in [0.25, 0.3) is 0 Å². The van der Waals surface area contributed by atoms with Crippen LogP contribution in [0.4, 0.5) is 0 Å². The smallest absolute Gasteiger partial charge is 0.157 e. The zero-order valence-corrected chi connectivity index (χ0v) is 8.02. The molecule has 2 aromatic heterocycles. The van der Waals surface area contributed by atoms with Crippen LogP contribution in [0.1, 0.15) is 26.5 Å². The van der Waals surface area contributed by atoms with Crippen molar-refractivity contribution in [3.8, 4) is 0 Å². The summed E-state index contributed by atoms with van der Waals surface area (Å²) in [6.07, 6.45) is 3.57. The van der Waals surface area contributed by atoms with Gasteiger partial charge in [-0.2, -0.15) is 0 Å². The molecule has 4 heteroatoms. The van der Waals surface area contributed by atoms with Crippen LogP contribution in [0.3, 0.4) is 0 Å². The second-order valence-electron chi connectivity index (χ2n) is 4.10. The molecule has 0 aromatic carbocycles. The van der Waals surface area contributed by atoms with Crippen LogP contribution in [0.2, 0.25) is 0 Å². The van der Waals surface area contributed by atoms with Crippen molar-refractivity contribution in [2.45, 2.75) is 26.2 Å². The molecule has 0 N–H and O–H groups in total. The van der Waals surface area contributed by atoms with Crippen LogP contribution < -0.4 is 0 Å². The van der Waals surface area contributed by atoms with Gasteiger partial charge in [-0.05, 0) is 0 Å². The van der Waals surface area contributed by atoms with Gasteiger partial charge in [0.2, 0.25) is 0 Å². The molecule has 4 nitrogen and oxygen atoms in total. The summed E-state index contributed by atoms with van der Waals surface area (Å²) in [7, 11) is 0. The first-order valence-corrected chi connectivity index (χ1v) is 4.25. The number of hydrogen-bond acceptors (Lipinski definition) is 3. The summed E-state index contributed by atoms with van der Waals surface area (Å²) in [6, 6.07) is 1.85. The Kier molecular flexibility index (Phi) is 1.58. The lowest BCUT2D eigenvalue weighted by molar-refractivity contribution is 0.572. The van der Waals surface area contributed by atoms with Crippen molar-refractivity contribution >= 4 is 5.65 Å². The van der Waals surface area contributed by atoms with E-state index in [9.17, 15) is 0 Å². The fraction of sp³-hybridized carbons (Fsp3) is 0.444. The van der Waals surface area contributed by atoms with E-state index in [4.69, 9.17) is 0 Å². The fourth-order valence-corrected chi connectivity index (χ4v) is 1.12. The van der Waals surface area contributed by atoms with Crippen molar-refractivity contribution in [2.24, 2.45) is 0 Å². The molecule has 0 atom stereocenters. The molecule has 2 aromatic rings. The van der Waals surface area contributed by atoms with Gasteiger partial charge in [-0.3, -0.25) is 0 Å². The molecule has 0 radical (unpaired) electrons. The Morgan fingerprint density at radius 1 is 1.31 bits per heavy atom. The van der Waals surface area contributed by atoms with E-state index in [-0.39, 0.29) is 5.41 Å². The summed E-state index contributed by atoms with van der Waals surface area (Å²) in [5, 5.41) is 7.70. The van der Waals surface area contributed by atoms with Crippen LogP contribution in [-0.2, 0) is 5.41 Å². The number of aromatic nitrogens is 4. The molecule has 0 aliphatic rings. The highest BCUT2D eigenvalue weighted by Gasteiger charge is 2.17. The lowest BCUT2D eigenvalue weighted by Crippen LogP contribution is -2.11. The van der Waals surface area contributed by atoms with E-state index in [1.807, 2.05) is 12.3 Å². The van der Waals surface area contributed by atoms with E-state index in [0.717, 1.165) is 11.3 Å². The van der Waals surface area contributed by atoms with Gasteiger partial charge in [0.1, 0.15) is 0 Å². The predicted molar refractivity (Wildman–Crippen MR) is 49.5 cm³/mol. The van der Waals surface area contributed by atoms with Gasteiger partial charge in [-0.1, -0.05) is 26.0 Å². The fourth-order valence-electron chi connectivity index (χ4n) is 1.12. The van der Waals surface area contributed by atoms with Crippen molar-refractivity contribution in [2.75, 3.05) is 0 Å². The van der Waals surface area contributed by atoms with Gasteiger partial charge in [0, 0.05) is 11.5 Å². The van der Waals surface area contributed by atoms with Crippen molar-refractivity contribution < 1.29 is 0 Å². The second kappa shape index (κ2) is 2.52. The van der Waals surface area contributed by atoms with Gasteiger partial charge >= 0.3 is 0 Å². The van der Waals surface area contributed by atoms with Crippen molar-refractivity contribution in [3.63, 3.8) is 0 Å². The molecule has 68 valence electrons. The Labute approximate surface area is 76.6 Å². The minimum atomic E-state index is 0.0632. The third kappa shape index (κ3) is 1.39. The first kappa shape index (κ1) is 8.16. The Morgan fingerprint density at radius 2 is 2.08 bits per heavy atom. The maximum Gasteiger partial charge on any atom is 0.157 e. The summed E-state index contributed by atoms with van der Waals surface area (Å²) in [6.45, 7) is 6.38. The Bertz CT molecular complexity index is 391. The van der Waals surface area contributed by atoms with Gasteiger partial charge in [-0.15, -0.1) is 5.10 Å². The van der Waals surface area contributed by atoms with Crippen LogP contribution in [0, 0.1) is 0 Å². The van der Waals surface area contributed by atoms with E-state index in [1.54, 1.807) is 10.7 Å². The maximum absolute atomic E-state index is 4.44. The van der Waals surface area contributed by atoms with E-state index in [1.165, 1.54) is 0 Å². The lowest BCUT2D eigenvalue weighted by atomic mass is 9.93. The van der Waals surface area contributed by atoms with E-state index in [0.29, 0.717) is 0 Å². The number of fused-ring (bicyclic) bond motifs is 1. The highest BCUT2D eigenvalue weighted by atomic mass is 15.4. The van der Waals surface area contributed by atoms with Crippen LogP contribution in [0.15, 0.2) is 18.5 Å². The second-order valence-corrected chi connectivity index (χ2v) is 4.10. The number of rotatable bonds is 0. The van der Waals surface area contributed by atoms with E-state index >= 15 is 0 Å². The molecule has 0 bridgehead atoms. The molecule has 0 fully saturated rings. The molecule has 0 unspecified atom stereocenters. The highest BCUT2D eigenvalue weighted by Crippen LogP contribution is 2.20. The van der Waals surface area contributed by atoms with Crippen LogP contribution in [-0.4, -0.2) is 19.8 Å². The zero-order valence-electron chi connectivity index (χ0n) is 8.02. The Hall–Kier alpha value is -1.45. The molecule has 2 rings (SSSR count). The van der Waals surface area contributed by atoms with Crippen molar-refractivity contribution in [1.82, 2.24) is 19.8 Å². The third-order valence-corrected chi connectivity index (χ3v) is 1.92. The zero-order chi connectivity index (χ0) is 9.47. The average molecular weight is 176 g/mol. The molecular formula is C9H12N4. The third-order valence-electron chi connectivity index (χ3n) is 1.92. The standard InChI is InChI=1S/C9H12N4/c1-9(2,3)7-6-13-8(11-7)4-5-10-12-13/h4-6H,1-3H3. The molecule has 0 spiro atoms. The molecule has 0 aliphatic heterocycles. The first-order chi connectivity index (χ1) is 6.07. The number of hydrogen-bond donors (Lipinski definition) is 0. The molecule has 13 heavy (non-hydrogen) atoms. The van der Waals surface area contributed by atoms with Crippen LogP contribution in [0.25, 0.3) is 5.65 Å². The van der Waals surface area contributed by atoms with Gasteiger partial charge in [0.05, 0.1) is 18.1 Å². The largest absolute Gasteiger partial charge is 0.231 e. The van der Waals surface area contributed by atoms with Gasteiger partial charge < -0.3 is 0 Å². The van der Waals surface area contributed by atoms with Gasteiger partial charge in [0.15, 0.2) is 5.65 Å². The highest BCUT2D eigenvalue weighted by molar-refractivity contribution is 5.37.